The summed E-state index contributed by atoms with van der Waals surface area (Å²) in [4.78, 5) is 12.9. The first-order valence-corrected chi connectivity index (χ1v) is 9.75. The fourth-order valence-electron chi connectivity index (χ4n) is 2.03. The molecule has 0 radical (unpaired) electrons. The lowest BCUT2D eigenvalue weighted by atomic mass is 10.4. The third kappa shape index (κ3) is 5.20. The maximum absolute atomic E-state index is 12.8. The molecule has 1 saturated carbocycles. The molecule has 1 aromatic carbocycles. The van der Waals surface area contributed by atoms with Gasteiger partial charge in [0.1, 0.15) is 5.82 Å². The minimum absolute atomic E-state index is 0.0165. The van der Waals surface area contributed by atoms with Gasteiger partial charge in [0.15, 0.2) is 0 Å². The quantitative estimate of drug-likeness (QED) is 0.542. The molecule has 6 nitrogen and oxygen atoms in total. The molecule has 0 bridgehead atoms. The molecule has 3 rings (SSSR count). The van der Waals surface area contributed by atoms with Crippen LogP contribution >= 0.6 is 23.5 Å². The van der Waals surface area contributed by atoms with Crippen molar-refractivity contribution in [2.75, 3.05) is 18.1 Å². The minimum atomic E-state index is -0.225. The molecule has 128 valence electrons. The Bertz CT molecular complexity index is 675. The predicted octanol–water partition coefficient (Wildman–Crippen LogP) is 2.54. The van der Waals surface area contributed by atoms with Gasteiger partial charge in [0.2, 0.25) is 11.1 Å². The van der Waals surface area contributed by atoms with Gasteiger partial charge >= 0.3 is 0 Å². The molecule has 2 aromatic rings. The Morgan fingerprint density at radius 3 is 2.83 bits per heavy atom. The zero-order valence-electron chi connectivity index (χ0n) is 13.0. The molecule has 0 unspecified atom stereocenters. The maximum atomic E-state index is 12.8. The Labute approximate surface area is 148 Å². The number of thioether (sulfide) groups is 2. The van der Waals surface area contributed by atoms with Crippen molar-refractivity contribution in [3.05, 3.63) is 30.1 Å². The number of benzene rings is 1. The van der Waals surface area contributed by atoms with E-state index >= 15 is 0 Å². The second kappa shape index (κ2) is 8.48. The van der Waals surface area contributed by atoms with E-state index in [-0.39, 0.29) is 11.7 Å². The second-order valence-electron chi connectivity index (χ2n) is 5.43. The van der Waals surface area contributed by atoms with Crippen molar-refractivity contribution in [3.8, 4) is 0 Å². The molecule has 1 aliphatic rings. The molecular weight excluding hydrogens is 349 g/mol. The van der Waals surface area contributed by atoms with Crippen LogP contribution in [0.5, 0.6) is 0 Å². The van der Waals surface area contributed by atoms with Crippen LogP contribution < -0.4 is 5.32 Å². The van der Waals surface area contributed by atoms with E-state index in [0.29, 0.717) is 23.5 Å². The van der Waals surface area contributed by atoms with E-state index < -0.39 is 0 Å². The number of rotatable bonds is 9. The molecule has 9 heteroatoms. The summed E-state index contributed by atoms with van der Waals surface area (Å²) in [7, 11) is 0. The Morgan fingerprint density at radius 1 is 1.29 bits per heavy atom. The third-order valence-electron chi connectivity index (χ3n) is 3.41. The van der Waals surface area contributed by atoms with Crippen LogP contribution in [0.3, 0.4) is 0 Å². The summed E-state index contributed by atoms with van der Waals surface area (Å²) >= 11 is 3.02. The lowest BCUT2D eigenvalue weighted by Crippen LogP contribution is -2.26. The Hall–Kier alpha value is -1.61. The van der Waals surface area contributed by atoms with Crippen LogP contribution in [0.25, 0.3) is 0 Å². The van der Waals surface area contributed by atoms with E-state index in [1.165, 1.54) is 23.9 Å². The molecule has 1 fully saturated rings. The van der Waals surface area contributed by atoms with Crippen LogP contribution in [0.1, 0.15) is 25.3 Å². The van der Waals surface area contributed by atoms with Crippen LogP contribution in [-0.2, 0) is 4.79 Å². The lowest BCUT2D eigenvalue weighted by molar-refractivity contribution is -0.118. The zero-order chi connectivity index (χ0) is 16.8. The van der Waals surface area contributed by atoms with E-state index in [1.807, 2.05) is 0 Å². The van der Waals surface area contributed by atoms with Crippen molar-refractivity contribution in [1.82, 2.24) is 25.5 Å². The monoisotopic (exact) mass is 367 g/mol. The number of carbonyl (C=O) groups excluding carboxylic acids is 1. The summed E-state index contributed by atoms with van der Waals surface area (Å²) in [6.07, 6.45) is 3.07. The molecular formula is C15H18FN5OS2. The van der Waals surface area contributed by atoms with Crippen molar-refractivity contribution < 1.29 is 9.18 Å². The molecule has 0 aliphatic heterocycles. The van der Waals surface area contributed by atoms with Gasteiger partial charge in [-0.2, -0.15) is 0 Å². The largest absolute Gasteiger partial charge is 0.355 e. The van der Waals surface area contributed by atoms with E-state index in [9.17, 15) is 9.18 Å². The number of halogens is 1. The van der Waals surface area contributed by atoms with Gasteiger partial charge in [-0.25, -0.2) is 9.07 Å². The smallest absolute Gasteiger partial charge is 0.230 e. The van der Waals surface area contributed by atoms with E-state index in [4.69, 9.17) is 0 Å². The molecule has 0 spiro atoms. The molecule has 0 saturated heterocycles. The first-order valence-electron chi connectivity index (χ1n) is 7.78. The second-order valence-corrected chi connectivity index (χ2v) is 7.54. The van der Waals surface area contributed by atoms with Crippen molar-refractivity contribution in [2.24, 2.45) is 0 Å². The van der Waals surface area contributed by atoms with E-state index in [2.05, 4.69) is 20.8 Å². The Balaban J connectivity index is 1.28. The highest BCUT2D eigenvalue weighted by atomic mass is 32.2. The van der Waals surface area contributed by atoms with Crippen LogP contribution in [0.15, 0.2) is 34.3 Å². The zero-order valence-corrected chi connectivity index (χ0v) is 14.7. The van der Waals surface area contributed by atoms with Gasteiger partial charge in [-0.3, -0.25) is 4.79 Å². The maximum Gasteiger partial charge on any atom is 0.230 e. The van der Waals surface area contributed by atoms with Gasteiger partial charge in [-0.15, -0.1) is 16.9 Å². The number of nitrogens with one attached hydrogen (secondary N) is 1. The molecule has 1 amide bonds. The first kappa shape index (κ1) is 17.2. The van der Waals surface area contributed by atoms with Gasteiger partial charge in [-0.05, 0) is 59.7 Å². The molecule has 1 aromatic heterocycles. The summed E-state index contributed by atoms with van der Waals surface area (Å²) < 4.78 is 14.6. The molecule has 0 atom stereocenters. The SMILES string of the molecule is O=C(CSc1nnnn1C1CC1)NCCCSc1ccc(F)cc1. The van der Waals surface area contributed by atoms with Crippen molar-refractivity contribution >= 4 is 29.4 Å². The highest BCUT2D eigenvalue weighted by Gasteiger charge is 2.28. The summed E-state index contributed by atoms with van der Waals surface area (Å²) in [6, 6.07) is 6.85. The van der Waals surface area contributed by atoms with Gasteiger partial charge in [0.05, 0.1) is 11.8 Å². The lowest BCUT2D eigenvalue weighted by Gasteiger charge is -2.05. The number of carbonyl (C=O) groups is 1. The van der Waals surface area contributed by atoms with Crippen LogP contribution in [-0.4, -0.2) is 44.2 Å². The summed E-state index contributed by atoms with van der Waals surface area (Å²) in [5, 5.41) is 15.2. The normalized spacial score (nSPS) is 13.9. The van der Waals surface area contributed by atoms with Crippen molar-refractivity contribution in [1.29, 1.82) is 0 Å². The predicted molar refractivity (Wildman–Crippen MR) is 91.6 cm³/mol. The number of hydrogen-bond donors (Lipinski definition) is 1. The molecule has 24 heavy (non-hydrogen) atoms. The van der Waals surface area contributed by atoms with Crippen LogP contribution in [0.4, 0.5) is 4.39 Å². The van der Waals surface area contributed by atoms with E-state index in [0.717, 1.165) is 29.9 Å². The Morgan fingerprint density at radius 2 is 2.08 bits per heavy atom. The number of tetrazole rings is 1. The standard InChI is InChI=1S/C15H18FN5OS2/c16-11-2-6-13(7-3-11)23-9-1-8-17-14(22)10-24-15-18-19-20-21(15)12-4-5-12/h2-3,6-7,12H,1,4-5,8-10H2,(H,17,22). The fraction of sp³-hybridized carbons (Fsp3) is 0.467. The molecule has 1 N–H and O–H groups in total. The van der Waals surface area contributed by atoms with Crippen molar-refractivity contribution in [3.63, 3.8) is 0 Å². The number of hydrogen-bond acceptors (Lipinski definition) is 6. The molecule has 1 heterocycles. The fourth-order valence-corrected chi connectivity index (χ4v) is 3.66. The minimum Gasteiger partial charge on any atom is -0.355 e. The average molecular weight is 367 g/mol. The Kier molecular flexibility index (Phi) is 6.08. The third-order valence-corrected chi connectivity index (χ3v) is 5.45. The van der Waals surface area contributed by atoms with Gasteiger partial charge < -0.3 is 5.32 Å². The average Bonchev–Trinajstić information content (AvgIpc) is 3.32. The topological polar surface area (TPSA) is 72.7 Å². The summed E-state index contributed by atoms with van der Waals surface area (Å²) in [5.41, 5.74) is 0. The highest BCUT2D eigenvalue weighted by molar-refractivity contribution is 7.99. The van der Waals surface area contributed by atoms with Crippen molar-refractivity contribution in [2.45, 2.75) is 35.4 Å². The summed E-state index contributed by atoms with van der Waals surface area (Å²) in [6.45, 7) is 0.626. The molecule has 1 aliphatic carbocycles. The number of nitrogens with zero attached hydrogens (tertiary/aromatic N) is 4. The van der Waals surface area contributed by atoms with Gasteiger partial charge in [0.25, 0.3) is 0 Å². The van der Waals surface area contributed by atoms with Crippen LogP contribution in [0, 0.1) is 5.82 Å². The highest BCUT2D eigenvalue weighted by Crippen LogP contribution is 2.36. The van der Waals surface area contributed by atoms with Crippen LogP contribution in [0.2, 0.25) is 0 Å². The number of amides is 1. The number of aromatic nitrogens is 4. The van der Waals surface area contributed by atoms with Gasteiger partial charge in [0, 0.05) is 11.4 Å². The summed E-state index contributed by atoms with van der Waals surface area (Å²) in [5.74, 6) is 0.950. The van der Waals surface area contributed by atoms with Gasteiger partial charge in [-0.1, -0.05) is 11.8 Å². The first-order chi connectivity index (χ1) is 11.7. The van der Waals surface area contributed by atoms with E-state index in [1.54, 1.807) is 28.6 Å².